The van der Waals surface area contributed by atoms with Crippen molar-refractivity contribution in [1.82, 2.24) is 0 Å². The average Bonchev–Trinajstić information content (AvgIpc) is 2.46. The maximum atomic E-state index is 5.89. The molecule has 1 aliphatic carbocycles. The predicted octanol–water partition coefficient (Wildman–Crippen LogP) is 5.49. The topological polar surface area (TPSA) is 21.3 Å². The van der Waals surface area contributed by atoms with E-state index in [-0.39, 0.29) is 0 Å². The molecule has 1 fully saturated rings. The van der Waals surface area contributed by atoms with Gasteiger partial charge in [-0.3, -0.25) is 0 Å². The van der Waals surface area contributed by atoms with Crippen molar-refractivity contribution in [3.8, 4) is 5.75 Å². The van der Waals surface area contributed by atoms with Crippen molar-refractivity contribution in [3.63, 3.8) is 0 Å². The zero-order valence-corrected chi connectivity index (χ0v) is 14.1. The summed E-state index contributed by atoms with van der Waals surface area (Å²) < 4.78 is 5.89. The smallest absolute Gasteiger partial charge is 0.142 e. The fraction of sp³-hybridized carbons (Fsp3) is 0.684. The minimum Gasteiger partial charge on any atom is -0.491 e. The molecule has 1 saturated carbocycles. The van der Waals surface area contributed by atoms with Crippen LogP contribution in [0.25, 0.3) is 0 Å². The number of rotatable bonds is 5. The maximum absolute atomic E-state index is 5.89. The summed E-state index contributed by atoms with van der Waals surface area (Å²) in [6, 6.07) is 8.94. The van der Waals surface area contributed by atoms with Crippen LogP contribution in [0.15, 0.2) is 24.3 Å². The predicted molar refractivity (Wildman–Crippen MR) is 91.1 cm³/mol. The molecule has 0 amide bonds. The third-order valence-corrected chi connectivity index (χ3v) is 4.57. The van der Waals surface area contributed by atoms with Gasteiger partial charge in [-0.15, -0.1) is 0 Å². The highest BCUT2D eigenvalue weighted by Gasteiger charge is 2.34. The number of para-hydroxylation sites is 2. The van der Waals surface area contributed by atoms with Crippen molar-refractivity contribution in [2.75, 3.05) is 11.9 Å². The lowest BCUT2D eigenvalue weighted by molar-refractivity contribution is 0.162. The van der Waals surface area contributed by atoms with E-state index >= 15 is 0 Å². The van der Waals surface area contributed by atoms with Gasteiger partial charge < -0.3 is 10.1 Å². The first kappa shape index (κ1) is 16.2. The number of nitrogens with one attached hydrogen (secondary N) is 1. The van der Waals surface area contributed by atoms with E-state index in [0.29, 0.717) is 11.5 Å². The van der Waals surface area contributed by atoms with E-state index in [0.717, 1.165) is 30.4 Å². The highest BCUT2D eigenvalue weighted by molar-refractivity contribution is 5.56. The first-order chi connectivity index (χ1) is 10.0. The van der Waals surface area contributed by atoms with Crippen LogP contribution in [0.2, 0.25) is 0 Å². The largest absolute Gasteiger partial charge is 0.491 e. The minimum absolute atomic E-state index is 0.358. The summed E-state index contributed by atoms with van der Waals surface area (Å²) >= 11 is 0. The first-order valence-electron chi connectivity index (χ1n) is 8.50. The van der Waals surface area contributed by atoms with Crippen LogP contribution >= 0.6 is 0 Å². The second kappa shape index (κ2) is 7.20. The van der Waals surface area contributed by atoms with Crippen LogP contribution < -0.4 is 10.1 Å². The molecule has 2 unspecified atom stereocenters. The van der Waals surface area contributed by atoms with Gasteiger partial charge in [0.1, 0.15) is 5.75 Å². The fourth-order valence-corrected chi connectivity index (χ4v) is 3.46. The van der Waals surface area contributed by atoms with Crippen LogP contribution in [0.4, 0.5) is 5.69 Å². The highest BCUT2D eigenvalue weighted by Crippen LogP contribution is 2.40. The van der Waals surface area contributed by atoms with Gasteiger partial charge in [0.15, 0.2) is 0 Å². The van der Waals surface area contributed by atoms with Gasteiger partial charge in [-0.1, -0.05) is 52.7 Å². The molecule has 0 spiro atoms. The lowest BCUT2D eigenvalue weighted by Gasteiger charge is -2.41. The van der Waals surface area contributed by atoms with E-state index in [4.69, 9.17) is 4.74 Å². The number of ether oxygens (including phenoxy) is 1. The lowest BCUT2D eigenvalue weighted by Crippen LogP contribution is -2.39. The Bertz CT molecular complexity index is 435. The standard InChI is InChI=1S/C19H31NO/c1-5-14-21-18-13-9-8-12-17(18)20-16-11-7-6-10-15(16)19(2,3)4/h8-9,12-13,15-16,20H,5-7,10-11,14H2,1-4H3. The molecule has 0 aliphatic heterocycles. The van der Waals surface area contributed by atoms with Crippen molar-refractivity contribution in [1.29, 1.82) is 0 Å². The van der Waals surface area contributed by atoms with Crippen LogP contribution in [0, 0.1) is 11.3 Å². The summed E-state index contributed by atoms with van der Waals surface area (Å²) in [5.41, 5.74) is 1.52. The molecule has 0 heterocycles. The molecule has 0 bridgehead atoms. The summed E-state index contributed by atoms with van der Waals surface area (Å²) in [6.07, 6.45) is 6.35. The quantitative estimate of drug-likeness (QED) is 0.773. The van der Waals surface area contributed by atoms with Gasteiger partial charge in [0, 0.05) is 6.04 Å². The van der Waals surface area contributed by atoms with Crippen LogP contribution in [-0.4, -0.2) is 12.6 Å². The Hall–Kier alpha value is -1.18. The van der Waals surface area contributed by atoms with Crippen molar-refractivity contribution < 1.29 is 4.74 Å². The maximum Gasteiger partial charge on any atom is 0.142 e. The number of hydrogen-bond acceptors (Lipinski definition) is 2. The molecule has 21 heavy (non-hydrogen) atoms. The average molecular weight is 289 g/mol. The molecule has 2 nitrogen and oxygen atoms in total. The number of benzene rings is 1. The third kappa shape index (κ3) is 4.39. The monoisotopic (exact) mass is 289 g/mol. The summed E-state index contributed by atoms with van der Waals surface area (Å²) in [5, 5.41) is 3.79. The van der Waals surface area contributed by atoms with Gasteiger partial charge in [-0.2, -0.15) is 0 Å². The lowest BCUT2D eigenvalue weighted by atomic mass is 9.69. The van der Waals surface area contributed by atoms with E-state index < -0.39 is 0 Å². The Balaban J connectivity index is 2.12. The molecule has 118 valence electrons. The van der Waals surface area contributed by atoms with Gasteiger partial charge in [0.25, 0.3) is 0 Å². The van der Waals surface area contributed by atoms with Crippen LogP contribution in [0.3, 0.4) is 0 Å². The molecule has 1 aromatic carbocycles. The summed E-state index contributed by atoms with van der Waals surface area (Å²) in [7, 11) is 0. The molecule has 1 N–H and O–H groups in total. The van der Waals surface area contributed by atoms with E-state index in [1.807, 2.05) is 0 Å². The van der Waals surface area contributed by atoms with E-state index in [2.05, 4.69) is 57.3 Å². The molecule has 0 saturated heterocycles. The molecule has 2 heteroatoms. The Morgan fingerprint density at radius 1 is 1.14 bits per heavy atom. The summed E-state index contributed by atoms with van der Waals surface area (Å²) in [4.78, 5) is 0. The molecule has 1 aliphatic rings. The second-order valence-corrected chi connectivity index (χ2v) is 7.35. The second-order valence-electron chi connectivity index (χ2n) is 7.35. The van der Waals surface area contributed by atoms with Crippen molar-refractivity contribution in [2.24, 2.45) is 11.3 Å². The van der Waals surface area contributed by atoms with Gasteiger partial charge in [0.05, 0.1) is 12.3 Å². The molecule has 2 atom stereocenters. The summed E-state index contributed by atoms with van der Waals surface area (Å²) in [6.45, 7) is 10.0. The minimum atomic E-state index is 0.358. The Morgan fingerprint density at radius 2 is 1.86 bits per heavy atom. The van der Waals surface area contributed by atoms with Gasteiger partial charge in [-0.05, 0) is 42.7 Å². The van der Waals surface area contributed by atoms with Gasteiger partial charge in [0.2, 0.25) is 0 Å². The molecular formula is C19H31NO. The molecule has 0 radical (unpaired) electrons. The van der Waals surface area contributed by atoms with Crippen LogP contribution in [-0.2, 0) is 0 Å². The Kier molecular flexibility index (Phi) is 5.55. The number of hydrogen-bond donors (Lipinski definition) is 1. The Labute approximate surface area is 130 Å². The van der Waals surface area contributed by atoms with Gasteiger partial charge in [-0.25, -0.2) is 0 Å². The van der Waals surface area contributed by atoms with Crippen molar-refractivity contribution >= 4 is 5.69 Å². The zero-order valence-electron chi connectivity index (χ0n) is 14.1. The molecular weight excluding hydrogens is 258 g/mol. The molecule has 2 rings (SSSR count). The Morgan fingerprint density at radius 3 is 2.57 bits per heavy atom. The van der Waals surface area contributed by atoms with Crippen LogP contribution in [0.1, 0.15) is 59.8 Å². The molecule has 0 aromatic heterocycles. The molecule has 1 aromatic rings. The highest BCUT2D eigenvalue weighted by atomic mass is 16.5. The van der Waals surface area contributed by atoms with E-state index in [1.165, 1.54) is 25.7 Å². The normalized spacial score (nSPS) is 22.9. The first-order valence-corrected chi connectivity index (χ1v) is 8.50. The van der Waals surface area contributed by atoms with E-state index in [9.17, 15) is 0 Å². The SMILES string of the molecule is CCCOc1ccccc1NC1CCCCC1C(C)(C)C. The van der Waals surface area contributed by atoms with Gasteiger partial charge >= 0.3 is 0 Å². The van der Waals surface area contributed by atoms with Crippen molar-refractivity contribution in [2.45, 2.75) is 65.8 Å². The van der Waals surface area contributed by atoms with Crippen molar-refractivity contribution in [3.05, 3.63) is 24.3 Å². The van der Waals surface area contributed by atoms with E-state index in [1.54, 1.807) is 0 Å². The van der Waals surface area contributed by atoms with Crippen LogP contribution in [0.5, 0.6) is 5.75 Å². The number of anilines is 1. The third-order valence-electron chi connectivity index (χ3n) is 4.57. The zero-order chi connectivity index (χ0) is 15.3. The summed E-state index contributed by atoms with van der Waals surface area (Å²) in [5.74, 6) is 1.73. The fourth-order valence-electron chi connectivity index (χ4n) is 3.46.